The molecule has 2 rings (SSSR count). The van der Waals surface area contributed by atoms with Gasteiger partial charge in [0.25, 0.3) is 0 Å². The lowest BCUT2D eigenvalue weighted by molar-refractivity contribution is 0.308. The molecule has 0 radical (unpaired) electrons. The highest BCUT2D eigenvalue weighted by molar-refractivity contribution is 5.78. The summed E-state index contributed by atoms with van der Waals surface area (Å²) in [6, 6.07) is 13.1. The van der Waals surface area contributed by atoms with Gasteiger partial charge in [0.1, 0.15) is 0 Å². The average molecular weight is 270 g/mol. The van der Waals surface area contributed by atoms with Crippen LogP contribution in [0.3, 0.4) is 0 Å². The molecule has 2 aromatic rings. The molecule has 1 aromatic carbocycles. The normalized spacial score (nSPS) is 13.6. The molecule has 0 aliphatic carbocycles. The molecular weight excluding hydrogens is 244 g/mol. The quantitative estimate of drug-likeness (QED) is 0.881. The monoisotopic (exact) mass is 270 g/mol. The Morgan fingerprint density at radius 1 is 1.10 bits per heavy atom. The van der Waals surface area contributed by atoms with Crippen LogP contribution >= 0.6 is 0 Å². The highest BCUT2D eigenvalue weighted by Crippen LogP contribution is 2.23. The van der Waals surface area contributed by atoms with Gasteiger partial charge in [-0.3, -0.25) is 4.98 Å². The molecule has 0 saturated carbocycles. The largest absolute Gasteiger partial charge is 0.314 e. The first-order valence-corrected chi connectivity index (χ1v) is 7.56. The molecule has 0 bridgehead atoms. The number of aromatic nitrogens is 1. The topological polar surface area (TPSA) is 24.9 Å². The molecule has 0 amide bonds. The number of rotatable bonds is 5. The second-order valence-corrected chi connectivity index (χ2v) is 6.72. The van der Waals surface area contributed by atoms with Gasteiger partial charge in [-0.05, 0) is 30.5 Å². The van der Waals surface area contributed by atoms with E-state index in [-0.39, 0.29) is 0 Å². The van der Waals surface area contributed by atoms with Crippen LogP contribution < -0.4 is 5.32 Å². The van der Waals surface area contributed by atoms with Crippen LogP contribution in [0.2, 0.25) is 0 Å². The van der Waals surface area contributed by atoms with E-state index in [1.807, 2.05) is 0 Å². The van der Waals surface area contributed by atoms with Crippen LogP contribution in [0.4, 0.5) is 0 Å². The van der Waals surface area contributed by atoms with E-state index in [0.29, 0.717) is 11.5 Å². The summed E-state index contributed by atoms with van der Waals surface area (Å²) in [5, 5.41) is 4.81. The van der Waals surface area contributed by atoms with E-state index in [0.717, 1.165) is 24.9 Å². The van der Waals surface area contributed by atoms with E-state index in [1.165, 1.54) is 11.1 Å². The number of para-hydroxylation sites is 1. The van der Waals surface area contributed by atoms with Crippen molar-refractivity contribution in [2.45, 2.75) is 46.6 Å². The zero-order valence-electron chi connectivity index (χ0n) is 13.1. The van der Waals surface area contributed by atoms with E-state index >= 15 is 0 Å². The number of hydrogen-bond donors (Lipinski definition) is 1. The molecule has 0 saturated heterocycles. The fourth-order valence-corrected chi connectivity index (χ4v) is 2.72. The molecule has 1 atom stereocenters. The fraction of sp³-hybridized carbons (Fsp3) is 0.500. The Bertz CT molecular complexity index is 555. The Balaban J connectivity index is 2.15. The van der Waals surface area contributed by atoms with Crippen molar-refractivity contribution in [3.8, 4) is 0 Å². The molecule has 0 spiro atoms. The maximum atomic E-state index is 4.79. The minimum absolute atomic E-state index is 0.337. The van der Waals surface area contributed by atoms with Crippen LogP contribution in [0.25, 0.3) is 10.9 Å². The summed E-state index contributed by atoms with van der Waals surface area (Å²) >= 11 is 0. The Morgan fingerprint density at radius 2 is 1.85 bits per heavy atom. The van der Waals surface area contributed by atoms with Gasteiger partial charge in [0.2, 0.25) is 0 Å². The smallest absolute Gasteiger partial charge is 0.0705 e. The summed E-state index contributed by atoms with van der Waals surface area (Å²) in [4.78, 5) is 4.79. The second kappa shape index (κ2) is 6.36. The van der Waals surface area contributed by atoms with E-state index < -0.39 is 0 Å². The van der Waals surface area contributed by atoms with E-state index in [9.17, 15) is 0 Å². The maximum Gasteiger partial charge on any atom is 0.0705 e. The van der Waals surface area contributed by atoms with Crippen molar-refractivity contribution in [1.82, 2.24) is 10.3 Å². The van der Waals surface area contributed by atoms with Crippen LogP contribution in [0.1, 0.15) is 39.8 Å². The van der Waals surface area contributed by atoms with Crippen LogP contribution in [0.5, 0.6) is 0 Å². The summed E-state index contributed by atoms with van der Waals surface area (Å²) in [7, 11) is 0. The van der Waals surface area contributed by atoms with Crippen molar-refractivity contribution in [2.75, 3.05) is 6.54 Å². The highest BCUT2D eigenvalue weighted by Gasteiger charge is 2.18. The van der Waals surface area contributed by atoms with Crippen molar-refractivity contribution < 1.29 is 0 Å². The summed E-state index contributed by atoms with van der Waals surface area (Å²) in [5.74, 6) is 0. The number of hydrogen-bond acceptors (Lipinski definition) is 2. The van der Waals surface area contributed by atoms with Crippen molar-refractivity contribution in [2.24, 2.45) is 5.41 Å². The molecule has 1 aromatic heterocycles. The van der Waals surface area contributed by atoms with Crippen LogP contribution in [-0.4, -0.2) is 17.6 Å². The molecule has 1 heterocycles. The molecule has 2 nitrogen and oxygen atoms in total. The first kappa shape index (κ1) is 15.0. The van der Waals surface area contributed by atoms with Gasteiger partial charge >= 0.3 is 0 Å². The van der Waals surface area contributed by atoms with Crippen molar-refractivity contribution in [3.63, 3.8) is 0 Å². The van der Waals surface area contributed by atoms with Gasteiger partial charge in [0.15, 0.2) is 0 Å². The predicted molar refractivity (Wildman–Crippen MR) is 87.0 cm³/mol. The molecule has 2 heteroatoms. The summed E-state index contributed by atoms with van der Waals surface area (Å²) < 4.78 is 0. The summed E-state index contributed by atoms with van der Waals surface area (Å²) in [6.07, 6.45) is 2.16. The average Bonchev–Trinajstić information content (AvgIpc) is 2.37. The first-order valence-electron chi connectivity index (χ1n) is 7.56. The number of pyridine rings is 1. The van der Waals surface area contributed by atoms with Crippen LogP contribution in [0.15, 0.2) is 36.4 Å². The number of nitrogens with one attached hydrogen (secondary N) is 1. The van der Waals surface area contributed by atoms with Gasteiger partial charge in [0, 0.05) is 23.5 Å². The molecule has 1 unspecified atom stereocenters. The van der Waals surface area contributed by atoms with E-state index in [1.54, 1.807) is 0 Å². The number of nitrogens with zero attached hydrogens (tertiary/aromatic N) is 1. The van der Waals surface area contributed by atoms with Crippen LogP contribution in [-0.2, 0) is 6.42 Å². The highest BCUT2D eigenvalue weighted by atomic mass is 14.9. The number of fused-ring (bicyclic) bond motifs is 1. The summed E-state index contributed by atoms with van der Waals surface area (Å²) in [5.41, 5.74) is 2.61. The van der Waals surface area contributed by atoms with Gasteiger partial charge in [-0.2, -0.15) is 0 Å². The van der Waals surface area contributed by atoms with Gasteiger partial charge < -0.3 is 5.32 Å². The van der Waals surface area contributed by atoms with Gasteiger partial charge in [-0.1, -0.05) is 52.0 Å². The van der Waals surface area contributed by atoms with E-state index in [2.05, 4.69) is 69.4 Å². The Morgan fingerprint density at radius 3 is 2.55 bits per heavy atom. The predicted octanol–water partition coefficient (Wildman–Crippen LogP) is 4.19. The SMILES string of the molecule is CCNC(Cc1ccc2ccccc2n1)CC(C)(C)C. The van der Waals surface area contributed by atoms with Crippen molar-refractivity contribution in [1.29, 1.82) is 0 Å². The second-order valence-electron chi connectivity index (χ2n) is 6.72. The number of benzene rings is 1. The Kier molecular flexibility index (Phi) is 4.77. The third kappa shape index (κ3) is 4.31. The molecule has 0 aliphatic rings. The standard InChI is InChI=1S/C18H26N2/c1-5-19-16(13-18(2,3)4)12-15-11-10-14-8-6-7-9-17(14)20-15/h6-11,16,19H,5,12-13H2,1-4H3. The van der Waals surface area contributed by atoms with Gasteiger partial charge in [-0.15, -0.1) is 0 Å². The molecular formula is C18H26N2. The Labute approximate surface area is 122 Å². The first-order chi connectivity index (χ1) is 9.48. The molecule has 20 heavy (non-hydrogen) atoms. The molecule has 0 fully saturated rings. The molecule has 0 aliphatic heterocycles. The van der Waals surface area contributed by atoms with Crippen LogP contribution in [0, 0.1) is 5.41 Å². The third-order valence-electron chi connectivity index (χ3n) is 3.46. The zero-order valence-corrected chi connectivity index (χ0v) is 13.1. The lowest BCUT2D eigenvalue weighted by Crippen LogP contribution is -2.34. The van der Waals surface area contributed by atoms with Crippen molar-refractivity contribution >= 4 is 10.9 Å². The maximum absolute atomic E-state index is 4.79. The molecule has 108 valence electrons. The summed E-state index contributed by atoms with van der Waals surface area (Å²) in [6.45, 7) is 10.1. The third-order valence-corrected chi connectivity index (χ3v) is 3.46. The van der Waals surface area contributed by atoms with Crippen molar-refractivity contribution in [3.05, 3.63) is 42.1 Å². The van der Waals surface area contributed by atoms with Gasteiger partial charge in [-0.25, -0.2) is 0 Å². The minimum Gasteiger partial charge on any atom is -0.314 e. The number of likely N-dealkylation sites (N-methyl/N-ethyl adjacent to an activating group) is 1. The van der Waals surface area contributed by atoms with Gasteiger partial charge in [0.05, 0.1) is 5.52 Å². The lowest BCUT2D eigenvalue weighted by atomic mass is 9.86. The lowest BCUT2D eigenvalue weighted by Gasteiger charge is -2.26. The minimum atomic E-state index is 0.337. The Hall–Kier alpha value is -1.41. The molecule has 1 N–H and O–H groups in total. The van der Waals surface area contributed by atoms with E-state index in [4.69, 9.17) is 4.98 Å². The zero-order chi connectivity index (χ0) is 14.6. The fourth-order valence-electron chi connectivity index (χ4n) is 2.72.